The van der Waals surface area contributed by atoms with Crippen LogP contribution in [-0.4, -0.2) is 53.4 Å². The largest absolute Gasteiger partial charge is 0.445 e. The molecule has 3 heterocycles. The van der Waals surface area contributed by atoms with Crippen LogP contribution in [0.3, 0.4) is 0 Å². The van der Waals surface area contributed by atoms with Crippen molar-refractivity contribution in [2.75, 3.05) is 32.8 Å². The molecule has 1 aromatic heterocycles. The SMILES string of the molecule is CCn1cc(C)nc1[C@H](NC[C@H]1CCN(C(=O)OCc2ccccc2)C1)C1CCOCC1. The summed E-state index contributed by atoms with van der Waals surface area (Å²) in [6.45, 7) is 9.48. The number of hydrogen-bond acceptors (Lipinski definition) is 5. The average Bonchev–Trinajstić information content (AvgIpc) is 3.46. The molecule has 0 saturated carbocycles. The molecular formula is C25H36N4O3. The van der Waals surface area contributed by atoms with E-state index in [1.54, 1.807) is 0 Å². The summed E-state index contributed by atoms with van der Waals surface area (Å²) < 4.78 is 13.4. The number of ether oxygens (including phenoxy) is 2. The summed E-state index contributed by atoms with van der Waals surface area (Å²) in [5.74, 6) is 2.07. The lowest BCUT2D eigenvalue weighted by molar-refractivity contribution is 0.0513. The van der Waals surface area contributed by atoms with Crippen LogP contribution in [0, 0.1) is 18.8 Å². The minimum atomic E-state index is -0.213. The second-order valence-electron chi connectivity index (χ2n) is 9.00. The van der Waals surface area contributed by atoms with Crippen molar-refractivity contribution >= 4 is 6.09 Å². The van der Waals surface area contributed by atoms with Gasteiger partial charge in [-0.15, -0.1) is 0 Å². The Morgan fingerprint density at radius 3 is 2.78 bits per heavy atom. The summed E-state index contributed by atoms with van der Waals surface area (Å²) in [4.78, 5) is 19.2. The molecule has 0 bridgehead atoms. The van der Waals surface area contributed by atoms with Gasteiger partial charge in [0.05, 0.1) is 11.7 Å². The third-order valence-electron chi connectivity index (χ3n) is 6.66. The fourth-order valence-corrected chi connectivity index (χ4v) is 4.85. The van der Waals surface area contributed by atoms with E-state index < -0.39 is 0 Å². The van der Waals surface area contributed by atoms with Gasteiger partial charge in [0.25, 0.3) is 0 Å². The molecule has 7 heteroatoms. The monoisotopic (exact) mass is 440 g/mol. The van der Waals surface area contributed by atoms with Gasteiger partial charge in [-0.25, -0.2) is 9.78 Å². The lowest BCUT2D eigenvalue weighted by atomic mass is 9.90. The maximum Gasteiger partial charge on any atom is 0.410 e. The van der Waals surface area contributed by atoms with E-state index in [2.05, 4.69) is 29.9 Å². The van der Waals surface area contributed by atoms with Gasteiger partial charge in [-0.3, -0.25) is 0 Å². The van der Waals surface area contributed by atoms with Crippen LogP contribution in [0.4, 0.5) is 4.79 Å². The maximum absolute atomic E-state index is 12.5. The van der Waals surface area contributed by atoms with E-state index in [-0.39, 0.29) is 12.1 Å². The lowest BCUT2D eigenvalue weighted by Gasteiger charge is -2.32. The third kappa shape index (κ3) is 5.70. The molecule has 4 rings (SSSR count). The number of imidazole rings is 1. The first-order chi connectivity index (χ1) is 15.6. The van der Waals surface area contributed by atoms with Crippen LogP contribution in [0.1, 0.15) is 49.3 Å². The fraction of sp³-hybridized carbons (Fsp3) is 0.600. The van der Waals surface area contributed by atoms with Gasteiger partial charge < -0.3 is 24.3 Å². The maximum atomic E-state index is 12.5. The molecule has 2 aliphatic rings. The van der Waals surface area contributed by atoms with E-state index in [9.17, 15) is 4.79 Å². The Bertz CT molecular complexity index is 863. The van der Waals surface area contributed by atoms with Crippen molar-refractivity contribution in [1.82, 2.24) is 19.8 Å². The molecule has 1 amide bonds. The highest BCUT2D eigenvalue weighted by Gasteiger charge is 2.32. The third-order valence-corrected chi connectivity index (χ3v) is 6.66. The summed E-state index contributed by atoms with van der Waals surface area (Å²) in [7, 11) is 0. The van der Waals surface area contributed by atoms with E-state index in [0.717, 1.165) is 75.7 Å². The number of nitrogens with one attached hydrogen (secondary N) is 1. The Labute approximate surface area is 191 Å². The van der Waals surface area contributed by atoms with Gasteiger partial charge in [-0.2, -0.15) is 0 Å². The molecule has 2 aromatic rings. The van der Waals surface area contributed by atoms with Crippen LogP contribution >= 0.6 is 0 Å². The van der Waals surface area contributed by atoms with Crippen molar-refractivity contribution in [2.45, 2.75) is 52.3 Å². The van der Waals surface area contributed by atoms with Gasteiger partial charge in [0.1, 0.15) is 12.4 Å². The van der Waals surface area contributed by atoms with E-state index in [1.165, 1.54) is 0 Å². The molecule has 32 heavy (non-hydrogen) atoms. The first kappa shape index (κ1) is 22.8. The summed E-state index contributed by atoms with van der Waals surface area (Å²) in [6, 6.07) is 10.0. The predicted octanol–water partition coefficient (Wildman–Crippen LogP) is 3.93. The van der Waals surface area contributed by atoms with Crippen LogP contribution in [0.5, 0.6) is 0 Å². The van der Waals surface area contributed by atoms with Crippen molar-refractivity contribution < 1.29 is 14.3 Å². The molecule has 0 unspecified atom stereocenters. The quantitative estimate of drug-likeness (QED) is 0.674. The Morgan fingerprint density at radius 2 is 2.03 bits per heavy atom. The van der Waals surface area contributed by atoms with Gasteiger partial charge in [-0.1, -0.05) is 30.3 Å². The number of carbonyl (C=O) groups is 1. The van der Waals surface area contributed by atoms with Gasteiger partial charge in [-0.05, 0) is 50.5 Å². The molecular weight excluding hydrogens is 404 g/mol. The zero-order chi connectivity index (χ0) is 22.3. The Morgan fingerprint density at radius 1 is 1.25 bits per heavy atom. The van der Waals surface area contributed by atoms with Crippen LogP contribution in [0.15, 0.2) is 36.5 Å². The van der Waals surface area contributed by atoms with Crippen molar-refractivity contribution in [3.8, 4) is 0 Å². The number of aromatic nitrogens is 2. The van der Waals surface area contributed by atoms with Crippen molar-refractivity contribution in [2.24, 2.45) is 11.8 Å². The summed E-state index contributed by atoms with van der Waals surface area (Å²) in [5, 5.41) is 3.84. The van der Waals surface area contributed by atoms with Crippen molar-refractivity contribution in [3.05, 3.63) is 53.6 Å². The number of benzene rings is 1. The minimum Gasteiger partial charge on any atom is -0.445 e. The van der Waals surface area contributed by atoms with Crippen molar-refractivity contribution in [3.63, 3.8) is 0 Å². The zero-order valence-corrected chi connectivity index (χ0v) is 19.3. The molecule has 0 radical (unpaired) electrons. The molecule has 2 aliphatic heterocycles. The summed E-state index contributed by atoms with van der Waals surface area (Å²) in [5.41, 5.74) is 2.08. The van der Waals surface area contributed by atoms with E-state index in [0.29, 0.717) is 18.4 Å². The molecule has 2 saturated heterocycles. The Hall–Kier alpha value is -2.38. The number of hydrogen-bond donors (Lipinski definition) is 1. The smallest absolute Gasteiger partial charge is 0.410 e. The minimum absolute atomic E-state index is 0.213. The number of aryl methyl sites for hydroxylation is 2. The topological polar surface area (TPSA) is 68.6 Å². The molecule has 2 atom stereocenters. The number of rotatable bonds is 8. The summed E-state index contributed by atoms with van der Waals surface area (Å²) >= 11 is 0. The van der Waals surface area contributed by atoms with E-state index in [4.69, 9.17) is 14.5 Å². The highest BCUT2D eigenvalue weighted by molar-refractivity contribution is 5.68. The number of nitrogens with zero attached hydrogens (tertiary/aromatic N) is 3. The average molecular weight is 441 g/mol. The first-order valence-electron chi connectivity index (χ1n) is 11.9. The number of amides is 1. The van der Waals surface area contributed by atoms with Gasteiger partial charge in [0, 0.05) is 45.6 Å². The molecule has 2 fully saturated rings. The zero-order valence-electron chi connectivity index (χ0n) is 19.3. The normalized spacial score (nSPS) is 20.4. The van der Waals surface area contributed by atoms with Crippen LogP contribution in [0.25, 0.3) is 0 Å². The predicted molar refractivity (Wildman–Crippen MR) is 123 cm³/mol. The highest BCUT2D eigenvalue weighted by atomic mass is 16.6. The van der Waals surface area contributed by atoms with Gasteiger partial charge in [0.15, 0.2) is 0 Å². The fourth-order valence-electron chi connectivity index (χ4n) is 4.85. The number of carbonyl (C=O) groups excluding carboxylic acids is 1. The Balaban J connectivity index is 1.32. The highest BCUT2D eigenvalue weighted by Crippen LogP contribution is 2.30. The first-order valence-corrected chi connectivity index (χ1v) is 11.9. The van der Waals surface area contributed by atoms with Crippen LogP contribution < -0.4 is 5.32 Å². The lowest BCUT2D eigenvalue weighted by Crippen LogP contribution is -2.37. The van der Waals surface area contributed by atoms with Crippen LogP contribution in [0.2, 0.25) is 0 Å². The standard InChI is InChI=1S/C25H36N4O3/c1-3-28-16-19(2)27-24(28)23(22-10-13-31-14-11-22)26-15-21-9-12-29(17-21)25(30)32-18-20-7-5-4-6-8-20/h4-8,16,21-23,26H,3,9-15,17-18H2,1-2H3/t21-,23-/m1/s1. The molecule has 1 N–H and O–H groups in total. The molecule has 7 nitrogen and oxygen atoms in total. The van der Waals surface area contributed by atoms with Gasteiger partial charge in [0.2, 0.25) is 0 Å². The molecule has 174 valence electrons. The number of likely N-dealkylation sites (tertiary alicyclic amines) is 1. The van der Waals surface area contributed by atoms with Crippen molar-refractivity contribution in [1.29, 1.82) is 0 Å². The van der Waals surface area contributed by atoms with Gasteiger partial charge >= 0.3 is 6.09 Å². The van der Waals surface area contributed by atoms with E-state index in [1.807, 2.05) is 35.2 Å². The van der Waals surface area contributed by atoms with Crippen LogP contribution in [-0.2, 0) is 22.6 Å². The van der Waals surface area contributed by atoms with E-state index >= 15 is 0 Å². The summed E-state index contributed by atoms with van der Waals surface area (Å²) in [6.07, 6.45) is 5.03. The Kier molecular flexibility index (Phi) is 7.81. The molecule has 1 aromatic carbocycles. The molecule has 0 spiro atoms. The second kappa shape index (κ2) is 11.0. The molecule has 0 aliphatic carbocycles. The second-order valence-corrected chi connectivity index (χ2v) is 9.00.